The zero-order chi connectivity index (χ0) is 31.8. The van der Waals surface area contributed by atoms with Crippen molar-refractivity contribution in [2.75, 3.05) is 13.2 Å². The molecule has 1 aromatic carbocycles. The normalized spacial score (nSPS) is 32.0. The van der Waals surface area contributed by atoms with Crippen LogP contribution in [0.1, 0.15) is 99.5 Å². The van der Waals surface area contributed by atoms with Crippen molar-refractivity contribution in [2.45, 2.75) is 136 Å². The fourth-order valence-electron chi connectivity index (χ4n) is 7.88. The van der Waals surface area contributed by atoms with Gasteiger partial charge in [0.2, 0.25) is 0 Å². The van der Waals surface area contributed by atoms with Crippen LogP contribution in [0.3, 0.4) is 0 Å². The van der Waals surface area contributed by atoms with Gasteiger partial charge in [0, 0.05) is 12.0 Å². The third kappa shape index (κ3) is 6.61. The Bertz CT molecular complexity index is 1330. The van der Waals surface area contributed by atoms with Gasteiger partial charge in [0.25, 0.3) is 10.1 Å². The van der Waals surface area contributed by atoms with Crippen LogP contribution in [0.5, 0.6) is 0 Å². The van der Waals surface area contributed by atoms with Crippen LogP contribution in [-0.2, 0) is 33.2 Å². The van der Waals surface area contributed by atoms with E-state index in [1.807, 2.05) is 34.6 Å². The van der Waals surface area contributed by atoms with Gasteiger partial charge >= 0.3 is 0 Å². The minimum Gasteiger partial charge on any atom is -0.353 e. The van der Waals surface area contributed by atoms with Crippen LogP contribution >= 0.6 is 0 Å². The van der Waals surface area contributed by atoms with E-state index in [4.69, 9.17) is 23.1 Å². The predicted molar refractivity (Wildman–Crippen MR) is 164 cm³/mol. The monoisotopic (exact) mass is 617 g/mol. The van der Waals surface area contributed by atoms with Gasteiger partial charge in [-0.1, -0.05) is 56.9 Å². The van der Waals surface area contributed by atoms with Gasteiger partial charge in [-0.15, -0.1) is 0 Å². The van der Waals surface area contributed by atoms with Crippen LogP contribution in [0.15, 0.2) is 40.3 Å². The van der Waals surface area contributed by atoms with E-state index in [-0.39, 0.29) is 23.5 Å². The van der Waals surface area contributed by atoms with Crippen LogP contribution in [0.4, 0.5) is 0 Å². The van der Waals surface area contributed by atoms with Gasteiger partial charge in [-0.25, -0.2) is 0 Å². The molecular formula is C34H51NO7S. The molecule has 6 atom stereocenters. The van der Waals surface area contributed by atoms with Crippen LogP contribution in [0.25, 0.3) is 0 Å². The van der Waals surface area contributed by atoms with Gasteiger partial charge in [0.15, 0.2) is 18.2 Å². The summed E-state index contributed by atoms with van der Waals surface area (Å²) in [5.41, 5.74) is 1.15. The molecule has 1 aliphatic heterocycles. The third-order valence-corrected chi connectivity index (χ3v) is 11.4. The Hall–Kier alpha value is -1.80. The molecule has 0 amide bonds. The van der Waals surface area contributed by atoms with Crippen molar-refractivity contribution in [3.05, 3.63) is 41.0 Å². The van der Waals surface area contributed by atoms with E-state index in [1.54, 1.807) is 24.3 Å². The molecule has 9 heteroatoms. The van der Waals surface area contributed by atoms with Crippen molar-refractivity contribution in [3.63, 3.8) is 0 Å². The molecule has 1 aromatic rings. The minimum absolute atomic E-state index is 0.0287. The topological polar surface area (TPSA) is 104 Å². The first kappa shape index (κ1) is 34.1. The van der Waals surface area contributed by atoms with Gasteiger partial charge in [0.05, 0.1) is 23.7 Å². The second-order valence-electron chi connectivity index (χ2n) is 14.0. The van der Waals surface area contributed by atoms with E-state index in [9.17, 15) is 13.7 Å². The average Bonchev–Trinajstić information content (AvgIpc) is 3.21. The zero-order valence-electron chi connectivity index (χ0n) is 27.5. The molecule has 3 aliphatic rings. The molecule has 43 heavy (non-hydrogen) atoms. The van der Waals surface area contributed by atoms with Crippen molar-refractivity contribution >= 4 is 10.1 Å². The molecule has 0 bridgehead atoms. The summed E-state index contributed by atoms with van der Waals surface area (Å²) >= 11 is 0. The lowest BCUT2D eigenvalue weighted by Crippen LogP contribution is -2.61. The van der Waals surface area contributed by atoms with Crippen molar-refractivity contribution in [1.82, 2.24) is 0 Å². The molecule has 240 valence electrons. The second-order valence-corrected chi connectivity index (χ2v) is 15.6. The van der Waals surface area contributed by atoms with E-state index in [1.165, 1.54) is 0 Å². The summed E-state index contributed by atoms with van der Waals surface area (Å²) < 4.78 is 58.0. The largest absolute Gasteiger partial charge is 0.353 e. The minimum atomic E-state index is -3.93. The second kappa shape index (κ2) is 12.5. The summed E-state index contributed by atoms with van der Waals surface area (Å²) in [5, 5.41) is 10.3. The molecule has 0 aromatic heterocycles. The van der Waals surface area contributed by atoms with Crippen LogP contribution in [0, 0.1) is 35.0 Å². The first-order valence-corrected chi connectivity index (χ1v) is 17.1. The molecule has 1 saturated carbocycles. The van der Waals surface area contributed by atoms with Crippen molar-refractivity contribution < 1.29 is 31.5 Å². The maximum atomic E-state index is 13.2. The molecule has 1 saturated heterocycles. The summed E-state index contributed by atoms with van der Waals surface area (Å²) in [6.45, 7) is 18.6. The molecule has 0 N–H and O–H groups in total. The number of benzene rings is 1. The fraction of sp³-hybridized carbons (Fsp3) is 0.735. The van der Waals surface area contributed by atoms with Gasteiger partial charge in [-0.2, -0.15) is 13.7 Å². The number of aryl methyl sites for hydroxylation is 1. The number of allylic oxidation sites excluding steroid dienone is 1. The maximum absolute atomic E-state index is 13.2. The number of hydrogen-bond acceptors (Lipinski definition) is 8. The molecule has 1 spiro atoms. The molecule has 2 aliphatic carbocycles. The molecule has 4 rings (SSSR count). The Morgan fingerprint density at radius 1 is 1.07 bits per heavy atom. The molecule has 0 radical (unpaired) electrons. The molecule has 2 fully saturated rings. The smallest absolute Gasteiger partial charge is 0.296 e. The maximum Gasteiger partial charge on any atom is 0.296 e. The van der Waals surface area contributed by atoms with E-state index in [0.717, 1.165) is 55.2 Å². The molecule has 8 nitrogen and oxygen atoms in total. The summed E-state index contributed by atoms with van der Waals surface area (Å²) in [5.74, 6) is -0.897. The van der Waals surface area contributed by atoms with E-state index < -0.39 is 44.7 Å². The molecule has 1 heterocycles. The summed E-state index contributed by atoms with van der Waals surface area (Å²) in [7, 11) is -3.93. The quantitative estimate of drug-likeness (QED) is 0.154. The third-order valence-electron chi connectivity index (χ3n) is 10.1. The fourth-order valence-corrected chi connectivity index (χ4v) is 8.91. The number of nitriles is 1. The lowest BCUT2D eigenvalue weighted by molar-refractivity contribution is -0.190. The first-order chi connectivity index (χ1) is 20.0. The molecule has 2 unspecified atom stereocenters. The zero-order valence-corrected chi connectivity index (χ0v) is 28.3. The predicted octanol–water partition coefficient (Wildman–Crippen LogP) is 7.21. The van der Waals surface area contributed by atoms with Gasteiger partial charge in [-0.05, 0) is 96.3 Å². The summed E-state index contributed by atoms with van der Waals surface area (Å²) in [4.78, 5) is 0.162. The lowest BCUT2D eigenvalue weighted by atomic mass is 9.54. The Morgan fingerprint density at radius 3 is 2.37 bits per heavy atom. The van der Waals surface area contributed by atoms with E-state index >= 15 is 0 Å². The van der Waals surface area contributed by atoms with Crippen LogP contribution < -0.4 is 0 Å². The number of ether oxygens (including phenoxy) is 4. The van der Waals surface area contributed by atoms with Crippen molar-refractivity contribution in [1.29, 1.82) is 5.26 Å². The Kier molecular flexibility index (Phi) is 9.93. The number of hydrogen-bond donors (Lipinski definition) is 0. The number of nitrogens with zero attached hydrogens (tertiary/aromatic N) is 1. The van der Waals surface area contributed by atoms with Gasteiger partial charge in [0.1, 0.15) is 5.60 Å². The standard InChI is InChI=1S/C34H51NO7S/c1-10-38-25(4)40-28(21-35)29-24(3)18-20-34(31(29,5)6)30(41-32(7,8)42-34)27-13-11-12-19-33(27,9)22-39-43(36,37)26-16-14-23(2)15-17-26/h14-17,25,27-28,30H,10-13,18-20,22H2,1-9H3/t25?,27-,28?,30-,33-,34+/m0/s1. The Labute approximate surface area is 259 Å². The first-order valence-electron chi connectivity index (χ1n) is 15.7. The summed E-state index contributed by atoms with van der Waals surface area (Å²) in [6.07, 6.45) is 3.45. The highest BCUT2D eigenvalue weighted by Gasteiger charge is 2.67. The van der Waals surface area contributed by atoms with Crippen LogP contribution in [0.2, 0.25) is 0 Å². The van der Waals surface area contributed by atoms with Crippen LogP contribution in [-0.4, -0.2) is 51.5 Å². The Morgan fingerprint density at radius 2 is 1.74 bits per heavy atom. The van der Waals surface area contributed by atoms with E-state index in [2.05, 4.69) is 33.8 Å². The SMILES string of the molecule is CCOC(C)OC(C#N)C1=C(C)CC[C@]2(OC(C)(C)O[C@H]2[C@@H]2CCCC[C@@]2(C)COS(=O)(=O)c2ccc(C)cc2)C1(C)C. The van der Waals surface area contributed by atoms with E-state index in [0.29, 0.717) is 6.61 Å². The average molecular weight is 618 g/mol. The van der Waals surface area contributed by atoms with Gasteiger partial charge < -0.3 is 18.9 Å². The Balaban J connectivity index is 1.70. The van der Waals surface area contributed by atoms with Gasteiger partial charge in [-0.3, -0.25) is 4.18 Å². The highest BCUT2D eigenvalue weighted by atomic mass is 32.2. The summed E-state index contributed by atoms with van der Waals surface area (Å²) in [6, 6.07) is 9.15. The number of rotatable bonds is 10. The van der Waals surface area contributed by atoms with Crippen molar-refractivity contribution in [2.24, 2.45) is 16.7 Å². The molecular weight excluding hydrogens is 566 g/mol. The highest BCUT2D eigenvalue weighted by molar-refractivity contribution is 7.86. The van der Waals surface area contributed by atoms with Crippen molar-refractivity contribution in [3.8, 4) is 6.07 Å². The lowest BCUT2D eigenvalue weighted by Gasteiger charge is -2.55. The highest BCUT2D eigenvalue weighted by Crippen LogP contribution is 2.62.